The summed E-state index contributed by atoms with van der Waals surface area (Å²) < 4.78 is 31.1. The second kappa shape index (κ2) is 10.2. The first kappa shape index (κ1) is 21.9. The fourth-order valence-corrected chi connectivity index (χ4v) is 3.59. The second-order valence-corrected chi connectivity index (χ2v) is 8.55. The van der Waals surface area contributed by atoms with E-state index in [2.05, 4.69) is 17.0 Å². The molecule has 0 aromatic heterocycles. The molecule has 0 saturated carbocycles. The molecule has 0 bridgehead atoms. The van der Waals surface area contributed by atoms with Crippen LogP contribution in [0.25, 0.3) is 0 Å². The number of aryl methyl sites for hydroxylation is 1. The lowest BCUT2D eigenvalue weighted by Gasteiger charge is -2.18. The van der Waals surface area contributed by atoms with E-state index in [0.29, 0.717) is 17.0 Å². The number of benzene rings is 2. The van der Waals surface area contributed by atoms with Gasteiger partial charge in [-0.05, 0) is 48.2 Å². The van der Waals surface area contributed by atoms with Gasteiger partial charge in [0.1, 0.15) is 5.75 Å². The normalized spacial score (nSPS) is 12.4. The number of unbranched alkanes of at least 4 members (excludes halogenated alkanes) is 1. The number of nitrogens with one attached hydrogen (secondary N) is 2. The van der Waals surface area contributed by atoms with Crippen LogP contribution in [0.4, 0.5) is 5.69 Å². The van der Waals surface area contributed by atoms with Crippen molar-refractivity contribution >= 4 is 21.6 Å². The Labute approximate surface area is 167 Å². The molecule has 2 rings (SSSR count). The van der Waals surface area contributed by atoms with Gasteiger partial charge in [0.15, 0.2) is 0 Å². The monoisotopic (exact) mass is 404 g/mol. The summed E-state index contributed by atoms with van der Waals surface area (Å²) in [7, 11) is -1.92. The van der Waals surface area contributed by atoms with E-state index in [-0.39, 0.29) is 12.3 Å². The highest BCUT2D eigenvalue weighted by Gasteiger charge is 2.20. The molecular formula is C21H28N2O4S. The maximum Gasteiger partial charge on any atom is 0.226 e. The molecular weight excluding hydrogens is 376 g/mol. The first-order valence-corrected chi connectivity index (χ1v) is 11.2. The SMILES string of the molecule is CCCCc1ccc(NC(=O)C[C@@H](NS(C)(=O)=O)c2ccc(OC)cc2)cc1. The molecule has 0 radical (unpaired) electrons. The van der Waals surface area contributed by atoms with Crippen LogP contribution in [-0.2, 0) is 21.2 Å². The molecule has 0 aliphatic heterocycles. The van der Waals surface area contributed by atoms with E-state index in [1.165, 1.54) is 5.56 Å². The molecule has 0 unspecified atom stereocenters. The largest absolute Gasteiger partial charge is 0.497 e. The van der Waals surface area contributed by atoms with E-state index in [4.69, 9.17) is 4.74 Å². The van der Waals surface area contributed by atoms with Gasteiger partial charge in [0, 0.05) is 12.1 Å². The van der Waals surface area contributed by atoms with E-state index < -0.39 is 16.1 Å². The molecule has 2 N–H and O–H groups in total. The van der Waals surface area contributed by atoms with Crippen molar-refractivity contribution in [1.29, 1.82) is 0 Å². The van der Waals surface area contributed by atoms with Crippen molar-refractivity contribution < 1.29 is 17.9 Å². The van der Waals surface area contributed by atoms with E-state index in [0.717, 1.165) is 25.5 Å². The van der Waals surface area contributed by atoms with Gasteiger partial charge in [-0.15, -0.1) is 0 Å². The van der Waals surface area contributed by atoms with Gasteiger partial charge in [-0.3, -0.25) is 4.79 Å². The molecule has 152 valence electrons. The highest BCUT2D eigenvalue weighted by molar-refractivity contribution is 7.88. The third-order valence-electron chi connectivity index (χ3n) is 4.32. The van der Waals surface area contributed by atoms with Crippen LogP contribution in [0.3, 0.4) is 0 Å². The molecule has 2 aromatic rings. The molecule has 0 aliphatic carbocycles. The number of methoxy groups -OCH3 is 1. The summed E-state index contributed by atoms with van der Waals surface area (Å²) in [5.74, 6) is 0.396. The zero-order chi connectivity index (χ0) is 20.6. The summed E-state index contributed by atoms with van der Waals surface area (Å²) in [6.45, 7) is 2.15. The Morgan fingerprint density at radius 3 is 2.25 bits per heavy atom. The van der Waals surface area contributed by atoms with Crippen molar-refractivity contribution in [2.24, 2.45) is 0 Å². The van der Waals surface area contributed by atoms with E-state index >= 15 is 0 Å². The molecule has 1 atom stereocenters. The summed E-state index contributed by atoms with van der Waals surface area (Å²) in [6.07, 6.45) is 4.35. The van der Waals surface area contributed by atoms with E-state index in [1.807, 2.05) is 24.3 Å². The summed E-state index contributed by atoms with van der Waals surface area (Å²) >= 11 is 0. The molecule has 1 amide bonds. The van der Waals surface area contributed by atoms with Crippen molar-refractivity contribution in [1.82, 2.24) is 4.72 Å². The molecule has 2 aromatic carbocycles. The maximum absolute atomic E-state index is 12.5. The summed E-state index contributed by atoms with van der Waals surface area (Å²) in [5.41, 5.74) is 2.61. The first-order valence-electron chi connectivity index (χ1n) is 9.30. The lowest BCUT2D eigenvalue weighted by atomic mass is 10.0. The molecule has 0 saturated heterocycles. The first-order chi connectivity index (χ1) is 13.3. The summed E-state index contributed by atoms with van der Waals surface area (Å²) in [6, 6.07) is 14.0. The molecule has 6 nitrogen and oxygen atoms in total. The Morgan fingerprint density at radius 2 is 1.71 bits per heavy atom. The lowest BCUT2D eigenvalue weighted by Crippen LogP contribution is -2.30. The Kier molecular flexibility index (Phi) is 8.02. The predicted octanol–water partition coefficient (Wildman–Crippen LogP) is 3.66. The number of amides is 1. The quantitative estimate of drug-likeness (QED) is 0.633. The van der Waals surface area contributed by atoms with Crippen molar-refractivity contribution in [3.8, 4) is 5.75 Å². The molecule has 0 fully saturated rings. The number of anilines is 1. The van der Waals surface area contributed by atoms with E-state index in [9.17, 15) is 13.2 Å². The average molecular weight is 405 g/mol. The van der Waals surface area contributed by atoms with Crippen LogP contribution in [0.2, 0.25) is 0 Å². The highest BCUT2D eigenvalue weighted by Crippen LogP contribution is 2.22. The van der Waals surface area contributed by atoms with Crippen LogP contribution in [-0.4, -0.2) is 27.7 Å². The van der Waals surface area contributed by atoms with Gasteiger partial charge in [-0.1, -0.05) is 37.6 Å². The number of hydrogen-bond donors (Lipinski definition) is 2. The molecule has 7 heteroatoms. The number of carbonyl (C=O) groups is 1. The zero-order valence-electron chi connectivity index (χ0n) is 16.6. The van der Waals surface area contributed by atoms with Crippen LogP contribution in [0.1, 0.15) is 43.4 Å². The van der Waals surface area contributed by atoms with Crippen LogP contribution in [0.5, 0.6) is 5.75 Å². The second-order valence-electron chi connectivity index (χ2n) is 6.77. The van der Waals surface area contributed by atoms with Gasteiger partial charge in [-0.2, -0.15) is 0 Å². The topological polar surface area (TPSA) is 84.5 Å². The number of hydrogen-bond acceptors (Lipinski definition) is 4. The van der Waals surface area contributed by atoms with Crippen LogP contribution in [0.15, 0.2) is 48.5 Å². The Balaban J connectivity index is 2.06. The number of sulfonamides is 1. The minimum absolute atomic E-state index is 0.0169. The van der Waals surface area contributed by atoms with Gasteiger partial charge >= 0.3 is 0 Å². The maximum atomic E-state index is 12.5. The molecule has 0 heterocycles. The molecule has 28 heavy (non-hydrogen) atoms. The highest BCUT2D eigenvalue weighted by atomic mass is 32.2. The summed E-state index contributed by atoms with van der Waals surface area (Å²) in [5, 5.41) is 2.84. The average Bonchev–Trinajstić information content (AvgIpc) is 2.66. The van der Waals surface area contributed by atoms with Crippen molar-refractivity contribution in [3.05, 3.63) is 59.7 Å². The Bertz CT molecular complexity index is 862. The number of carbonyl (C=O) groups excluding carboxylic acids is 1. The fourth-order valence-electron chi connectivity index (χ4n) is 2.86. The smallest absolute Gasteiger partial charge is 0.226 e. The van der Waals surface area contributed by atoms with Gasteiger partial charge in [0.2, 0.25) is 15.9 Å². The lowest BCUT2D eigenvalue weighted by molar-refractivity contribution is -0.116. The minimum Gasteiger partial charge on any atom is -0.497 e. The summed E-state index contributed by atoms with van der Waals surface area (Å²) in [4.78, 5) is 12.5. The third kappa shape index (κ3) is 7.32. The van der Waals surface area contributed by atoms with Crippen molar-refractivity contribution in [2.75, 3.05) is 18.7 Å². The minimum atomic E-state index is -3.48. The van der Waals surface area contributed by atoms with Gasteiger partial charge < -0.3 is 10.1 Å². The Hall–Kier alpha value is -2.38. The standard InChI is InChI=1S/C21H28N2O4S/c1-4-5-6-16-7-11-18(12-8-16)22-21(24)15-20(23-28(3,25)26)17-9-13-19(27-2)14-10-17/h7-14,20,23H,4-6,15H2,1-3H3,(H,22,24)/t20-/m1/s1. The molecule has 0 spiro atoms. The van der Waals surface area contributed by atoms with Crippen molar-refractivity contribution in [3.63, 3.8) is 0 Å². The number of ether oxygens (including phenoxy) is 1. The number of rotatable bonds is 10. The van der Waals surface area contributed by atoms with Gasteiger partial charge in [0.25, 0.3) is 0 Å². The Morgan fingerprint density at radius 1 is 1.07 bits per heavy atom. The van der Waals surface area contributed by atoms with Crippen molar-refractivity contribution in [2.45, 2.75) is 38.6 Å². The van der Waals surface area contributed by atoms with Gasteiger partial charge in [0.05, 0.1) is 19.4 Å². The molecule has 0 aliphatic rings. The third-order valence-corrected chi connectivity index (χ3v) is 5.03. The van der Waals surface area contributed by atoms with Crippen LogP contribution in [0, 0.1) is 0 Å². The zero-order valence-corrected chi connectivity index (χ0v) is 17.4. The van der Waals surface area contributed by atoms with Crippen LogP contribution >= 0.6 is 0 Å². The predicted molar refractivity (Wildman–Crippen MR) is 112 cm³/mol. The van der Waals surface area contributed by atoms with Gasteiger partial charge in [-0.25, -0.2) is 13.1 Å². The van der Waals surface area contributed by atoms with E-state index in [1.54, 1.807) is 31.4 Å². The van der Waals surface area contributed by atoms with Crippen LogP contribution < -0.4 is 14.8 Å². The fraction of sp³-hybridized carbons (Fsp3) is 0.381.